The standard InChI is InChI=1S/C23H28N4O/c1-17-14-22(24-26(17)3)23(28)25(2)21-10-12-27(13-11-21)16-18-8-9-19-6-4-5-7-20(19)15-18/h4-9,14-15,21H,10-13,16H2,1-3H3. The monoisotopic (exact) mass is 376 g/mol. The number of piperidine rings is 1. The molecule has 2 heterocycles. The van der Waals surface area contributed by atoms with Gasteiger partial charge in [0, 0.05) is 45.5 Å². The molecule has 0 bridgehead atoms. The molecule has 0 spiro atoms. The largest absolute Gasteiger partial charge is 0.337 e. The van der Waals surface area contributed by atoms with Crippen LogP contribution in [0, 0.1) is 6.92 Å². The summed E-state index contributed by atoms with van der Waals surface area (Å²) in [5.41, 5.74) is 2.90. The fourth-order valence-electron chi connectivity index (χ4n) is 4.07. The molecule has 1 aromatic heterocycles. The molecular weight excluding hydrogens is 348 g/mol. The van der Waals surface area contributed by atoms with Gasteiger partial charge in [-0.3, -0.25) is 14.4 Å². The van der Waals surface area contributed by atoms with Gasteiger partial charge < -0.3 is 4.90 Å². The number of benzene rings is 2. The molecule has 5 heteroatoms. The molecule has 4 rings (SSSR count). The zero-order chi connectivity index (χ0) is 19.7. The Morgan fingerprint density at radius 1 is 1.11 bits per heavy atom. The van der Waals surface area contributed by atoms with Crippen molar-refractivity contribution in [2.45, 2.75) is 32.4 Å². The Morgan fingerprint density at radius 2 is 1.82 bits per heavy atom. The van der Waals surface area contributed by atoms with Gasteiger partial charge in [0.25, 0.3) is 5.91 Å². The van der Waals surface area contributed by atoms with Crippen molar-refractivity contribution >= 4 is 16.7 Å². The maximum absolute atomic E-state index is 12.7. The van der Waals surface area contributed by atoms with E-state index in [1.807, 2.05) is 32.0 Å². The molecule has 0 radical (unpaired) electrons. The Balaban J connectivity index is 1.35. The van der Waals surface area contributed by atoms with E-state index >= 15 is 0 Å². The Morgan fingerprint density at radius 3 is 2.50 bits per heavy atom. The molecule has 1 fully saturated rings. The Bertz CT molecular complexity index is 966. The van der Waals surface area contributed by atoms with Gasteiger partial charge in [0.1, 0.15) is 0 Å². The second kappa shape index (κ2) is 7.76. The lowest BCUT2D eigenvalue weighted by Gasteiger charge is -2.36. The minimum absolute atomic E-state index is 0.0247. The summed E-state index contributed by atoms with van der Waals surface area (Å²) in [7, 11) is 3.79. The van der Waals surface area contributed by atoms with Crippen LogP contribution in [0.2, 0.25) is 0 Å². The van der Waals surface area contributed by atoms with Crippen molar-refractivity contribution in [1.82, 2.24) is 19.6 Å². The van der Waals surface area contributed by atoms with E-state index in [9.17, 15) is 4.79 Å². The lowest BCUT2D eigenvalue weighted by molar-refractivity contribution is 0.0630. The van der Waals surface area contributed by atoms with E-state index in [1.165, 1.54) is 16.3 Å². The van der Waals surface area contributed by atoms with Gasteiger partial charge in [0.2, 0.25) is 0 Å². The second-order valence-corrected chi connectivity index (χ2v) is 7.90. The molecule has 1 amide bonds. The van der Waals surface area contributed by atoms with Crippen LogP contribution in [0.4, 0.5) is 0 Å². The van der Waals surface area contributed by atoms with Gasteiger partial charge in [-0.25, -0.2) is 0 Å². The highest BCUT2D eigenvalue weighted by atomic mass is 16.2. The number of nitrogens with zero attached hydrogens (tertiary/aromatic N) is 4. The normalized spacial score (nSPS) is 15.8. The van der Waals surface area contributed by atoms with Crippen LogP contribution >= 0.6 is 0 Å². The van der Waals surface area contributed by atoms with E-state index in [4.69, 9.17) is 0 Å². The molecule has 0 atom stereocenters. The number of rotatable bonds is 4. The summed E-state index contributed by atoms with van der Waals surface area (Å²) >= 11 is 0. The molecule has 5 nitrogen and oxygen atoms in total. The number of fused-ring (bicyclic) bond motifs is 1. The smallest absolute Gasteiger partial charge is 0.274 e. The minimum Gasteiger partial charge on any atom is -0.337 e. The maximum Gasteiger partial charge on any atom is 0.274 e. The summed E-state index contributed by atoms with van der Waals surface area (Å²) in [5.74, 6) is 0.0247. The highest BCUT2D eigenvalue weighted by Gasteiger charge is 2.27. The zero-order valence-corrected chi connectivity index (χ0v) is 16.9. The predicted molar refractivity (Wildman–Crippen MR) is 112 cm³/mol. The van der Waals surface area contributed by atoms with Crippen LogP contribution < -0.4 is 0 Å². The molecule has 3 aromatic rings. The number of hydrogen-bond donors (Lipinski definition) is 0. The third-order valence-corrected chi connectivity index (χ3v) is 5.98. The number of aryl methyl sites for hydroxylation is 2. The molecule has 2 aromatic carbocycles. The molecule has 28 heavy (non-hydrogen) atoms. The van der Waals surface area contributed by atoms with Crippen molar-refractivity contribution in [1.29, 1.82) is 0 Å². The Hall–Kier alpha value is -2.66. The van der Waals surface area contributed by atoms with Crippen LogP contribution in [-0.2, 0) is 13.6 Å². The lowest BCUT2D eigenvalue weighted by Crippen LogP contribution is -2.45. The Labute approximate surface area is 166 Å². The number of aromatic nitrogens is 2. The summed E-state index contributed by atoms with van der Waals surface area (Å²) in [6, 6.07) is 17.4. The first-order chi connectivity index (χ1) is 13.5. The topological polar surface area (TPSA) is 41.4 Å². The van der Waals surface area contributed by atoms with Gasteiger partial charge in [-0.15, -0.1) is 0 Å². The van der Waals surface area contributed by atoms with Gasteiger partial charge in [-0.2, -0.15) is 5.10 Å². The molecule has 0 unspecified atom stereocenters. The average Bonchev–Trinajstić information content (AvgIpc) is 3.06. The van der Waals surface area contributed by atoms with Crippen LogP contribution in [0.25, 0.3) is 10.8 Å². The molecule has 1 aliphatic heterocycles. The molecular formula is C23H28N4O. The number of carbonyl (C=O) groups is 1. The first-order valence-electron chi connectivity index (χ1n) is 9.99. The zero-order valence-electron chi connectivity index (χ0n) is 16.9. The van der Waals surface area contributed by atoms with E-state index in [1.54, 1.807) is 4.68 Å². The van der Waals surface area contributed by atoms with Crippen molar-refractivity contribution in [2.75, 3.05) is 20.1 Å². The van der Waals surface area contributed by atoms with Crippen LogP contribution in [0.3, 0.4) is 0 Å². The molecule has 0 N–H and O–H groups in total. The minimum atomic E-state index is 0.0247. The Kier molecular flexibility index (Phi) is 5.18. The van der Waals surface area contributed by atoms with Crippen LogP contribution in [0.1, 0.15) is 34.6 Å². The van der Waals surface area contributed by atoms with E-state index in [-0.39, 0.29) is 11.9 Å². The van der Waals surface area contributed by atoms with Crippen LogP contribution in [-0.4, -0.2) is 51.7 Å². The summed E-state index contributed by atoms with van der Waals surface area (Å²) in [4.78, 5) is 17.1. The molecule has 0 aliphatic carbocycles. The van der Waals surface area contributed by atoms with Gasteiger partial charge in [-0.05, 0) is 48.2 Å². The van der Waals surface area contributed by atoms with Gasteiger partial charge in [0.05, 0.1) is 0 Å². The number of amides is 1. The third-order valence-electron chi connectivity index (χ3n) is 5.98. The number of likely N-dealkylation sites (tertiary alicyclic amines) is 1. The van der Waals surface area contributed by atoms with Crippen molar-refractivity contribution < 1.29 is 4.79 Å². The fraction of sp³-hybridized carbons (Fsp3) is 0.391. The maximum atomic E-state index is 12.7. The van der Waals surface area contributed by atoms with Crippen LogP contribution in [0.15, 0.2) is 48.5 Å². The third kappa shape index (κ3) is 3.80. The van der Waals surface area contributed by atoms with Crippen molar-refractivity contribution in [3.8, 4) is 0 Å². The van der Waals surface area contributed by atoms with Crippen LogP contribution in [0.5, 0.6) is 0 Å². The quantitative estimate of drug-likeness (QED) is 0.698. The summed E-state index contributed by atoms with van der Waals surface area (Å²) in [6.45, 7) is 4.95. The molecule has 1 aliphatic rings. The van der Waals surface area contributed by atoms with Gasteiger partial charge >= 0.3 is 0 Å². The number of carbonyl (C=O) groups excluding carboxylic acids is 1. The van der Waals surface area contributed by atoms with E-state index < -0.39 is 0 Å². The predicted octanol–water partition coefficient (Wildman–Crippen LogP) is 3.62. The summed E-state index contributed by atoms with van der Waals surface area (Å²) in [5, 5.41) is 6.92. The molecule has 146 valence electrons. The molecule has 1 saturated heterocycles. The lowest BCUT2D eigenvalue weighted by atomic mass is 10.0. The summed E-state index contributed by atoms with van der Waals surface area (Å²) in [6.07, 6.45) is 2.00. The first-order valence-corrected chi connectivity index (χ1v) is 9.99. The second-order valence-electron chi connectivity index (χ2n) is 7.90. The highest BCUT2D eigenvalue weighted by Crippen LogP contribution is 2.21. The number of hydrogen-bond acceptors (Lipinski definition) is 3. The van der Waals surface area contributed by atoms with E-state index in [0.29, 0.717) is 5.69 Å². The SMILES string of the molecule is Cc1cc(C(=O)N(C)C2CCN(Cc3ccc4ccccc4c3)CC2)nn1C. The van der Waals surface area contributed by atoms with E-state index in [0.717, 1.165) is 38.2 Å². The van der Waals surface area contributed by atoms with Gasteiger partial charge in [-0.1, -0.05) is 36.4 Å². The van der Waals surface area contributed by atoms with Crippen molar-refractivity contribution in [2.24, 2.45) is 7.05 Å². The highest BCUT2D eigenvalue weighted by molar-refractivity contribution is 5.92. The van der Waals surface area contributed by atoms with E-state index in [2.05, 4.69) is 52.5 Å². The first kappa shape index (κ1) is 18.7. The molecule has 0 saturated carbocycles. The van der Waals surface area contributed by atoms with Crippen molar-refractivity contribution in [3.63, 3.8) is 0 Å². The fourth-order valence-corrected chi connectivity index (χ4v) is 4.07. The summed E-state index contributed by atoms with van der Waals surface area (Å²) < 4.78 is 1.76. The average molecular weight is 377 g/mol. The van der Waals surface area contributed by atoms with Gasteiger partial charge in [0.15, 0.2) is 5.69 Å². The van der Waals surface area contributed by atoms with Crippen molar-refractivity contribution in [3.05, 3.63) is 65.5 Å².